The largest absolute Gasteiger partial charge is 0.353 e. The number of nitrogens with one attached hydrogen (secondary N) is 1. The van der Waals surface area contributed by atoms with Gasteiger partial charge in [-0.05, 0) is 49.9 Å². The number of hydrogen-bond donors (Lipinski definition) is 1. The molecule has 2 aromatic heterocycles. The van der Waals surface area contributed by atoms with Gasteiger partial charge in [-0.15, -0.1) is 10.2 Å². The van der Waals surface area contributed by atoms with Crippen LogP contribution in [0.3, 0.4) is 0 Å². The molecule has 0 aliphatic heterocycles. The molecule has 0 saturated heterocycles. The zero-order valence-corrected chi connectivity index (χ0v) is 15.9. The third kappa shape index (κ3) is 4.19. The lowest BCUT2D eigenvalue weighted by molar-refractivity contribution is -0.119. The number of carbonyl (C=O) groups is 1. The second-order valence-corrected chi connectivity index (χ2v) is 7.64. The summed E-state index contributed by atoms with van der Waals surface area (Å²) in [5, 5.41) is 12.5. The van der Waals surface area contributed by atoms with Gasteiger partial charge in [-0.25, -0.2) is 0 Å². The van der Waals surface area contributed by atoms with Crippen molar-refractivity contribution in [2.24, 2.45) is 5.92 Å². The van der Waals surface area contributed by atoms with Gasteiger partial charge in [-0.2, -0.15) is 0 Å². The maximum Gasteiger partial charge on any atom is 0.230 e. The van der Waals surface area contributed by atoms with Crippen LogP contribution >= 0.6 is 11.8 Å². The molecule has 0 spiro atoms. The summed E-state index contributed by atoms with van der Waals surface area (Å²) >= 11 is 1.40. The van der Waals surface area contributed by atoms with Crippen molar-refractivity contribution in [3.8, 4) is 17.1 Å². The number of hydrogen-bond acceptors (Lipinski definition) is 5. The van der Waals surface area contributed by atoms with Gasteiger partial charge in [-0.1, -0.05) is 30.0 Å². The van der Waals surface area contributed by atoms with Crippen LogP contribution in [0.15, 0.2) is 60.0 Å². The number of rotatable bonds is 7. The molecule has 0 radical (unpaired) electrons. The Morgan fingerprint density at radius 3 is 2.63 bits per heavy atom. The highest BCUT2D eigenvalue weighted by Crippen LogP contribution is 2.32. The first-order chi connectivity index (χ1) is 13.2. The molecule has 0 unspecified atom stereocenters. The molecule has 1 aromatic carbocycles. The lowest BCUT2D eigenvalue weighted by Crippen LogP contribution is -2.35. The smallest absolute Gasteiger partial charge is 0.230 e. The van der Waals surface area contributed by atoms with E-state index in [9.17, 15) is 4.79 Å². The zero-order valence-electron chi connectivity index (χ0n) is 15.1. The summed E-state index contributed by atoms with van der Waals surface area (Å²) in [6.45, 7) is 2.08. The van der Waals surface area contributed by atoms with Gasteiger partial charge in [0.1, 0.15) is 0 Å². The minimum absolute atomic E-state index is 0.0347. The van der Waals surface area contributed by atoms with E-state index >= 15 is 0 Å². The van der Waals surface area contributed by atoms with Crippen molar-refractivity contribution >= 4 is 17.7 Å². The Hall–Kier alpha value is -2.67. The first-order valence-electron chi connectivity index (χ1n) is 9.06. The van der Waals surface area contributed by atoms with Crippen LogP contribution < -0.4 is 5.32 Å². The maximum absolute atomic E-state index is 12.3. The van der Waals surface area contributed by atoms with Crippen LogP contribution in [-0.4, -0.2) is 37.5 Å². The van der Waals surface area contributed by atoms with Gasteiger partial charge in [0.2, 0.25) is 5.91 Å². The lowest BCUT2D eigenvalue weighted by Gasteiger charge is -2.13. The van der Waals surface area contributed by atoms with E-state index in [-0.39, 0.29) is 11.9 Å². The molecule has 7 heteroatoms. The van der Waals surface area contributed by atoms with E-state index in [1.54, 1.807) is 12.4 Å². The third-order valence-electron chi connectivity index (χ3n) is 4.64. The van der Waals surface area contributed by atoms with E-state index in [0.717, 1.165) is 17.1 Å². The highest BCUT2D eigenvalue weighted by atomic mass is 32.2. The van der Waals surface area contributed by atoms with Gasteiger partial charge in [-0.3, -0.25) is 14.3 Å². The molecule has 2 heterocycles. The molecule has 1 aliphatic carbocycles. The fourth-order valence-corrected chi connectivity index (χ4v) is 3.76. The average molecular weight is 379 g/mol. The molecule has 4 rings (SSSR count). The summed E-state index contributed by atoms with van der Waals surface area (Å²) in [6, 6.07) is 14.0. The summed E-state index contributed by atoms with van der Waals surface area (Å²) in [6.07, 6.45) is 5.90. The second kappa shape index (κ2) is 7.92. The molecule has 1 saturated carbocycles. The molecule has 27 heavy (non-hydrogen) atoms. The first-order valence-corrected chi connectivity index (χ1v) is 10.0. The predicted molar refractivity (Wildman–Crippen MR) is 106 cm³/mol. The van der Waals surface area contributed by atoms with Crippen LogP contribution in [0.4, 0.5) is 0 Å². The summed E-state index contributed by atoms with van der Waals surface area (Å²) in [4.78, 5) is 16.4. The number of carbonyl (C=O) groups excluding carboxylic acids is 1. The summed E-state index contributed by atoms with van der Waals surface area (Å²) in [7, 11) is 0. The van der Waals surface area contributed by atoms with Crippen molar-refractivity contribution in [3.05, 3.63) is 54.9 Å². The van der Waals surface area contributed by atoms with Crippen molar-refractivity contribution in [2.75, 3.05) is 5.75 Å². The van der Waals surface area contributed by atoms with Gasteiger partial charge >= 0.3 is 0 Å². The zero-order chi connectivity index (χ0) is 18.6. The summed E-state index contributed by atoms with van der Waals surface area (Å²) < 4.78 is 1.98. The van der Waals surface area contributed by atoms with E-state index in [4.69, 9.17) is 0 Å². The number of pyridine rings is 1. The topological polar surface area (TPSA) is 72.7 Å². The number of thioether (sulfide) groups is 1. The van der Waals surface area contributed by atoms with Gasteiger partial charge in [0.25, 0.3) is 0 Å². The number of aromatic nitrogens is 4. The van der Waals surface area contributed by atoms with Crippen molar-refractivity contribution in [1.82, 2.24) is 25.1 Å². The van der Waals surface area contributed by atoms with Gasteiger partial charge in [0.05, 0.1) is 5.75 Å². The Bertz CT molecular complexity index is 909. The molecule has 138 valence electrons. The normalized spacial score (nSPS) is 14.7. The Kier molecular flexibility index (Phi) is 5.20. The SMILES string of the molecule is C[C@H](NC(=O)CSc1nnc(-c2ccncc2)n1-c1ccccc1)C1CC1. The lowest BCUT2D eigenvalue weighted by atomic mass is 10.2. The van der Waals surface area contributed by atoms with E-state index < -0.39 is 0 Å². The Balaban J connectivity index is 1.57. The number of amides is 1. The van der Waals surface area contributed by atoms with Crippen molar-refractivity contribution < 1.29 is 4.79 Å². The molecule has 1 aliphatic rings. The van der Waals surface area contributed by atoms with E-state index in [0.29, 0.717) is 16.8 Å². The minimum Gasteiger partial charge on any atom is -0.353 e. The fourth-order valence-electron chi connectivity index (χ4n) is 3.00. The number of nitrogens with zero attached hydrogens (tertiary/aromatic N) is 4. The highest BCUT2D eigenvalue weighted by molar-refractivity contribution is 7.99. The van der Waals surface area contributed by atoms with Crippen LogP contribution in [0.5, 0.6) is 0 Å². The molecular weight excluding hydrogens is 358 g/mol. The molecule has 0 bridgehead atoms. The molecule has 6 nitrogen and oxygen atoms in total. The second-order valence-electron chi connectivity index (χ2n) is 6.70. The molecule has 1 N–H and O–H groups in total. The molecule has 3 aromatic rings. The van der Waals surface area contributed by atoms with Crippen LogP contribution in [0, 0.1) is 5.92 Å². The molecule has 1 fully saturated rings. The van der Waals surface area contributed by atoms with E-state index in [1.165, 1.54) is 24.6 Å². The first kappa shape index (κ1) is 17.7. The van der Waals surface area contributed by atoms with E-state index in [1.807, 2.05) is 47.0 Å². The number of benzene rings is 1. The Labute approximate surface area is 162 Å². The van der Waals surface area contributed by atoms with Crippen LogP contribution in [0.25, 0.3) is 17.1 Å². The maximum atomic E-state index is 12.3. The van der Waals surface area contributed by atoms with Crippen LogP contribution in [0.2, 0.25) is 0 Å². The highest BCUT2D eigenvalue weighted by Gasteiger charge is 2.29. The number of para-hydroxylation sites is 1. The Morgan fingerprint density at radius 1 is 1.19 bits per heavy atom. The van der Waals surface area contributed by atoms with Gasteiger partial charge in [0.15, 0.2) is 11.0 Å². The van der Waals surface area contributed by atoms with Crippen molar-refractivity contribution in [1.29, 1.82) is 0 Å². The van der Waals surface area contributed by atoms with Gasteiger partial charge < -0.3 is 5.32 Å². The fraction of sp³-hybridized carbons (Fsp3) is 0.300. The summed E-state index contributed by atoms with van der Waals surface area (Å²) in [5.74, 6) is 1.73. The standard InChI is InChI=1S/C20H21N5OS/c1-14(15-7-8-15)22-18(26)13-27-20-24-23-19(16-9-11-21-12-10-16)25(20)17-5-3-2-4-6-17/h2-6,9-12,14-15H,7-8,13H2,1H3,(H,22,26)/t14-/m0/s1. The Morgan fingerprint density at radius 2 is 1.93 bits per heavy atom. The minimum atomic E-state index is 0.0347. The quantitative estimate of drug-likeness (QED) is 0.638. The predicted octanol–water partition coefficient (Wildman–Crippen LogP) is 3.34. The molecular formula is C20H21N5OS. The van der Waals surface area contributed by atoms with Crippen molar-refractivity contribution in [2.45, 2.75) is 31.0 Å². The van der Waals surface area contributed by atoms with E-state index in [2.05, 4.69) is 27.4 Å². The molecule has 1 atom stereocenters. The average Bonchev–Trinajstić information content (AvgIpc) is 3.47. The van der Waals surface area contributed by atoms with Crippen LogP contribution in [-0.2, 0) is 4.79 Å². The van der Waals surface area contributed by atoms with Crippen molar-refractivity contribution in [3.63, 3.8) is 0 Å². The molecule has 1 amide bonds. The monoisotopic (exact) mass is 379 g/mol. The summed E-state index contributed by atoms with van der Waals surface area (Å²) in [5.41, 5.74) is 1.89. The van der Waals surface area contributed by atoms with Gasteiger partial charge in [0, 0.05) is 29.7 Å². The van der Waals surface area contributed by atoms with Crippen LogP contribution in [0.1, 0.15) is 19.8 Å². The third-order valence-corrected chi connectivity index (χ3v) is 5.57.